The lowest BCUT2D eigenvalue weighted by Crippen LogP contribution is -2.43. The van der Waals surface area contributed by atoms with E-state index in [1.807, 2.05) is 19.0 Å². The smallest absolute Gasteiger partial charge is 0.326 e. The number of hydrogen-bond donors (Lipinski definition) is 0. The largest absolute Gasteiger partial charge is 0.488 e. The van der Waals surface area contributed by atoms with Crippen LogP contribution < -0.4 is 4.74 Å². The molecular weight excluding hydrogens is 368 g/mol. The summed E-state index contributed by atoms with van der Waals surface area (Å²) in [6, 6.07) is 5.27. The molecule has 0 aromatic heterocycles. The van der Waals surface area contributed by atoms with Crippen LogP contribution in [0.5, 0.6) is 5.75 Å². The van der Waals surface area contributed by atoms with Gasteiger partial charge in [0.1, 0.15) is 24.5 Å². The molecule has 148 valence electrons. The van der Waals surface area contributed by atoms with Crippen LogP contribution in [-0.4, -0.2) is 67.6 Å². The number of benzene rings is 1. The first-order valence-electron chi connectivity index (χ1n) is 8.84. The molecular formula is C20H27ClN2O4. The maximum Gasteiger partial charge on any atom is 0.326 e. The summed E-state index contributed by atoms with van der Waals surface area (Å²) in [5.41, 5.74) is 0.630. The number of nitrogens with zero attached hydrogens (tertiary/aromatic N) is 2. The first kappa shape index (κ1) is 21.3. The average molecular weight is 395 g/mol. The number of halogens is 1. The number of carbonyl (C=O) groups excluding carboxylic acids is 2. The highest BCUT2D eigenvalue weighted by molar-refractivity contribution is 6.30. The molecule has 1 heterocycles. The molecule has 0 unspecified atom stereocenters. The van der Waals surface area contributed by atoms with Crippen molar-refractivity contribution in [2.24, 2.45) is 0 Å². The van der Waals surface area contributed by atoms with Gasteiger partial charge in [0.2, 0.25) is 0 Å². The summed E-state index contributed by atoms with van der Waals surface area (Å²) < 4.78 is 11.0. The van der Waals surface area contributed by atoms with Crippen molar-refractivity contribution < 1.29 is 19.1 Å². The minimum Gasteiger partial charge on any atom is -0.488 e. The van der Waals surface area contributed by atoms with Crippen LogP contribution >= 0.6 is 11.6 Å². The Hall–Kier alpha value is -2.05. The Balaban J connectivity index is 2.18. The van der Waals surface area contributed by atoms with Crippen molar-refractivity contribution in [1.29, 1.82) is 0 Å². The lowest BCUT2D eigenvalue weighted by molar-refractivity contribution is -0.158. The van der Waals surface area contributed by atoms with Crippen molar-refractivity contribution in [3.8, 4) is 5.75 Å². The number of hydrogen-bond acceptors (Lipinski definition) is 5. The van der Waals surface area contributed by atoms with E-state index in [-0.39, 0.29) is 19.1 Å². The number of amides is 1. The van der Waals surface area contributed by atoms with E-state index in [9.17, 15) is 9.59 Å². The fourth-order valence-electron chi connectivity index (χ4n) is 2.58. The zero-order valence-corrected chi connectivity index (χ0v) is 17.3. The SMILES string of the molecule is CN(C)CCN(CC(=O)OC(C)(C)C)C(=O)C1=Cc2cc(Cl)ccc2OC1. The third-order valence-corrected chi connectivity index (χ3v) is 4.04. The number of esters is 1. The van der Waals surface area contributed by atoms with Gasteiger partial charge < -0.3 is 19.3 Å². The molecule has 7 heteroatoms. The predicted molar refractivity (Wildman–Crippen MR) is 106 cm³/mol. The summed E-state index contributed by atoms with van der Waals surface area (Å²) in [7, 11) is 3.83. The molecule has 0 N–H and O–H groups in total. The van der Waals surface area contributed by atoms with Gasteiger partial charge in [-0.2, -0.15) is 0 Å². The minimum atomic E-state index is -0.601. The van der Waals surface area contributed by atoms with Gasteiger partial charge >= 0.3 is 5.97 Å². The van der Waals surface area contributed by atoms with Gasteiger partial charge in [-0.05, 0) is 59.1 Å². The fourth-order valence-corrected chi connectivity index (χ4v) is 2.76. The summed E-state index contributed by atoms with van der Waals surface area (Å²) in [4.78, 5) is 28.7. The van der Waals surface area contributed by atoms with Gasteiger partial charge in [-0.1, -0.05) is 11.6 Å². The van der Waals surface area contributed by atoms with Gasteiger partial charge in [0.05, 0.1) is 5.57 Å². The molecule has 0 saturated carbocycles. The molecule has 27 heavy (non-hydrogen) atoms. The second-order valence-corrected chi connectivity index (χ2v) is 8.19. The van der Waals surface area contributed by atoms with Crippen molar-refractivity contribution in [2.75, 3.05) is 40.3 Å². The van der Waals surface area contributed by atoms with Crippen molar-refractivity contribution in [2.45, 2.75) is 26.4 Å². The second kappa shape index (κ2) is 8.76. The van der Waals surface area contributed by atoms with E-state index in [2.05, 4.69) is 0 Å². The van der Waals surface area contributed by atoms with Crippen molar-refractivity contribution in [3.63, 3.8) is 0 Å². The highest BCUT2D eigenvalue weighted by Gasteiger charge is 2.26. The van der Waals surface area contributed by atoms with Gasteiger partial charge in [-0.25, -0.2) is 0 Å². The van der Waals surface area contributed by atoms with Crippen LogP contribution in [-0.2, 0) is 14.3 Å². The molecule has 1 aliphatic heterocycles. The zero-order chi connectivity index (χ0) is 20.2. The Kier molecular flexibility index (Phi) is 6.89. The molecule has 0 atom stereocenters. The number of rotatable bonds is 6. The van der Waals surface area contributed by atoms with Crippen LogP contribution in [0, 0.1) is 0 Å². The van der Waals surface area contributed by atoms with Crippen LogP contribution in [0.3, 0.4) is 0 Å². The Bertz CT molecular complexity index is 738. The van der Waals surface area contributed by atoms with Crippen molar-refractivity contribution >= 4 is 29.6 Å². The van der Waals surface area contributed by atoms with E-state index >= 15 is 0 Å². The van der Waals surface area contributed by atoms with Crippen LogP contribution in [0.1, 0.15) is 26.3 Å². The minimum absolute atomic E-state index is 0.107. The highest BCUT2D eigenvalue weighted by atomic mass is 35.5. The second-order valence-electron chi connectivity index (χ2n) is 7.76. The molecule has 0 aliphatic carbocycles. The summed E-state index contributed by atoms with van der Waals surface area (Å²) in [6.07, 6.45) is 1.77. The molecule has 0 radical (unpaired) electrons. The van der Waals surface area contributed by atoms with Gasteiger partial charge in [0, 0.05) is 23.7 Å². The molecule has 0 fully saturated rings. The molecule has 0 saturated heterocycles. The Labute approximate surface area is 165 Å². The predicted octanol–water partition coefficient (Wildman–Crippen LogP) is 2.85. The molecule has 1 aromatic rings. The number of ether oxygens (including phenoxy) is 2. The Morgan fingerprint density at radius 1 is 1.22 bits per heavy atom. The Morgan fingerprint density at radius 3 is 2.56 bits per heavy atom. The zero-order valence-electron chi connectivity index (χ0n) is 16.5. The standard InChI is InChI=1S/C20H27ClN2O4/c1-20(2,3)27-18(24)12-23(9-8-22(4)5)19(25)15-10-14-11-16(21)6-7-17(14)26-13-15/h6-7,10-11H,8-9,12-13H2,1-5H3. The highest BCUT2D eigenvalue weighted by Crippen LogP contribution is 2.29. The normalized spacial score (nSPS) is 13.5. The summed E-state index contributed by atoms with van der Waals surface area (Å²) in [5.74, 6) is 0.00615. The van der Waals surface area contributed by atoms with E-state index in [4.69, 9.17) is 21.1 Å². The summed E-state index contributed by atoms with van der Waals surface area (Å²) >= 11 is 6.03. The topological polar surface area (TPSA) is 59.1 Å². The van der Waals surface area contributed by atoms with E-state index in [0.717, 1.165) is 5.56 Å². The average Bonchev–Trinajstić information content (AvgIpc) is 2.55. The third-order valence-electron chi connectivity index (χ3n) is 3.80. The van der Waals surface area contributed by atoms with Gasteiger partial charge in [0.25, 0.3) is 5.91 Å². The number of carbonyl (C=O) groups is 2. The van der Waals surface area contributed by atoms with E-state index in [0.29, 0.717) is 29.4 Å². The molecule has 0 bridgehead atoms. The fraction of sp³-hybridized carbons (Fsp3) is 0.500. The monoisotopic (exact) mass is 394 g/mol. The molecule has 0 spiro atoms. The van der Waals surface area contributed by atoms with Crippen LogP contribution in [0.25, 0.3) is 6.08 Å². The van der Waals surface area contributed by atoms with Crippen molar-refractivity contribution in [3.05, 3.63) is 34.4 Å². The molecule has 1 aliphatic rings. The molecule has 2 rings (SSSR count). The lowest BCUT2D eigenvalue weighted by Gasteiger charge is -2.28. The van der Waals surface area contributed by atoms with Crippen LogP contribution in [0.2, 0.25) is 5.02 Å². The van der Waals surface area contributed by atoms with Crippen molar-refractivity contribution in [1.82, 2.24) is 9.80 Å². The number of likely N-dealkylation sites (N-methyl/N-ethyl adjacent to an activating group) is 1. The van der Waals surface area contributed by atoms with E-state index < -0.39 is 11.6 Å². The first-order valence-corrected chi connectivity index (χ1v) is 9.22. The quantitative estimate of drug-likeness (QED) is 0.694. The van der Waals surface area contributed by atoms with Crippen LogP contribution in [0.4, 0.5) is 0 Å². The van der Waals surface area contributed by atoms with Gasteiger partial charge in [-0.15, -0.1) is 0 Å². The van der Waals surface area contributed by atoms with Gasteiger partial charge in [0.15, 0.2) is 0 Å². The lowest BCUT2D eigenvalue weighted by atomic mass is 10.1. The summed E-state index contributed by atoms with van der Waals surface area (Å²) in [5, 5.41) is 0.570. The molecule has 1 aromatic carbocycles. The first-order chi connectivity index (χ1) is 12.5. The summed E-state index contributed by atoms with van der Waals surface area (Å²) in [6.45, 7) is 6.49. The maximum atomic E-state index is 13.0. The molecule has 6 nitrogen and oxygen atoms in total. The number of fused-ring (bicyclic) bond motifs is 1. The third kappa shape index (κ3) is 6.56. The van der Waals surface area contributed by atoms with Crippen LogP contribution in [0.15, 0.2) is 23.8 Å². The van der Waals surface area contributed by atoms with E-state index in [1.54, 1.807) is 45.0 Å². The molecule has 1 amide bonds. The van der Waals surface area contributed by atoms with E-state index in [1.165, 1.54) is 4.90 Å². The maximum absolute atomic E-state index is 13.0. The van der Waals surface area contributed by atoms with Gasteiger partial charge in [-0.3, -0.25) is 9.59 Å². The Morgan fingerprint density at radius 2 is 1.93 bits per heavy atom.